The summed E-state index contributed by atoms with van der Waals surface area (Å²) in [6, 6.07) is 10.4. The van der Waals surface area contributed by atoms with Crippen molar-refractivity contribution in [2.45, 2.75) is 10.9 Å². The minimum Gasteiger partial charge on any atom is -0.312 e. The number of carbonyl (C=O) groups is 1. The number of halogens is 2. The van der Waals surface area contributed by atoms with Gasteiger partial charge >= 0.3 is 0 Å². The van der Waals surface area contributed by atoms with E-state index in [1.54, 1.807) is 30.2 Å². The van der Waals surface area contributed by atoms with Gasteiger partial charge < -0.3 is 4.57 Å². The third-order valence-electron chi connectivity index (χ3n) is 3.58. The zero-order valence-electron chi connectivity index (χ0n) is 14.3. The molecule has 0 fully saturated rings. The molecule has 0 aliphatic rings. The highest BCUT2D eigenvalue weighted by Crippen LogP contribution is 2.20. The van der Waals surface area contributed by atoms with Gasteiger partial charge in [-0.05, 0) is 35.4 Å². The van der Waals surface area contributed by atoms with Crippen molar-refractivity contribution in [3.05, 3.63) is 77.1 Å². The minimum absolute atomic E-state index is 0.338. The van der Waals surface area contributed by atoms with Crippen LogP contribution < -0.4 is 5.43 Å². The number of carbonyl (C=O) groups excluding carboxylic acids is 1. The predicted molar refractivity (Wildman–Crippen MR) is 98.4 cm³/mol. The van der Waals surface area contributed by atoms with E-state index in [4.69, 9.17) is 0 Å². The summed E-state index contributed by atoms with van der Waals surface area (Å²) < 4.78 is 27.8. The van der Waals surface area contributed by atoms with E-state index in [2.05, 4.69) is 20.7 Å². The topological polar surface area (TPSA) is 72.2 Å². The molecule has 0 radical (unpaired) electrons. The van der Waals surface area contributed by atoms with Gasteiger partial charge in [0.1, 0.15) is 6.33 Å². The normalized spacial score (nSPS) is 11.1. The first kappa shape index (κ1) is 18.7. The lowest BCUT2D eigenvalue weighted by atomic mass is 10.1. The van der Waals surface area contributed by atoms with Crippen molar-refractivity contribution in [1.29, 1.82) is 0 Å². The Balaban J connectivity index is 1.54. The van der Waals surface area contributed by atoms with E-state index in [9.17, 15) is 13.6 Å². The van der Waals surface area contributed by atoms with Crippen molar-refractivity contribution in [3.8, 4) is 0 Å². The second kappa shape index (κ2) is 8.54. The first-order valence-corrected chi connectivity index (χ1v) is 8.85. The summed E-state index contributed by atoms with van der Waals surface area (Å²) in [4.78, 5) is 12.1. The van der Waals surface area contributed by atoms with Gasteiger partial charge in [-0.3, -0.25) is 4.79 Å². The number of hydrogen-bond donors (Lipinski definition) is 1. The molecule has 0 spiro atoms. The molecule has 0 atom stereocenters. The maximum absolute atomic E-state index is 13.1. The van der Waals surface area contributed by atoms with E-state index in [-0.39, 0.29) is 0 Å². The number of hydrazone groups is 1. The second-order valence-electron chi connectivity index (χ2n) is 5.58. The highest BCUT2D eigenvalue weighted by molar-refractivity contribution is 7.98. The third-order valence-corrected chi connectivity index (χ3v) is 4.68. The maximum Gasteiger partial charge on any atom is 0.271 e. The predicted octanol–water partition coefficient (Wildman–Crippen LogP) is 3.15. The number of nitrogens with zero attached hydrogens (tertiary/aromatic N) is 4. The van der Waals surface area contributed by atoms with Crippen LogP contribution in [0.4, 0.5) is 8.78 Å². The minimum atomic E-state index is -0.972. The molecule has 0 unspecified atom stereocenters. The lowest BCUT2D eigenvalue weighted by molar-refractivity contribution is 0.0955. The fraction of sp³-hybridized carbons (Fsp3) is 0.111. The zero-order valence-corrected chi connectivity index (χ0v) is 15.1. The molecule has 1 amide bonds. The van der Waals surface area contributed by atoms with Gasteiger partial charge in [0.2, 0.25) is 0 Å². The van der Waals surface area contributed by atoms with E-state index in [0.29, 0.717) is 16.9 Å². The number of aromatic nitrogens is 3. The molecule has 1 N–H and O–H groups in total. The van der Waals surface area contributed by atoms with Gasteiger partial charge in [-0.1, -0.05) is 30.0 Å². The lowest BCUT2D eigenvalue weighted by Gasteiger charge is -2.03. The zero-order chi connectivity index (χ0) is 19.2. The number of thioether (sulfide) groups is 1. The summed E-state index contributed by atoms with van der Waals surface area (Å²) in [5.41, 5.74) is 4.16. The van der Waals surface area contributed by atoms with E-state index >= 15 is 0 Å². The number of benzene rings is 2. The molecule has 0 aliphatic heterocycles. The molecule has 3 aromatic rings. The average Bonchev–Trinajstić information content (AvgIpc) is 3.08. The van der Waals surface area contributed by atoms with E-state index in [1.165, 1.54) is 12.3 Å². The molecule has 9 heteroatoms. The first-order valence-electron chi connectivity index (χ1n) is 7.87. The first-order chi connectivity index (χ1) is 13.0. The maximum atomic E-state index is 13.1. The largest absolute Gasteiger partial charge is 0.312 e. The van der Waals surface area contributed by atoms with Gasteiger partial charge in [0.15, 0.2) is 16.8 Å². The van der Waals surface area contributed by atoms with Crippen molar-refractivity contribution in [2.24, 2.45) is 12.1 Å². The molecule has 2 aromatic carbocycles. The van der Waals surface area contributed by atoms with Gasteiger partial charge in [-0.25, -0.2) is 14.2 Å². The van der Waals surface area contributed by atoms with Crippen LogP contribution >= 0.6 is 11.8 Å². The Hall–Kier alpha value is -3.07. The number of rotatable bonds is 6. The van der Waals surface area contributed by atoms with Crippen LogP contribution in [0.5, 0.6) is 0 Å². The Kier molecular flexibility index (Phi) is 5.92. The summed E-state index contributed by atoms with van der Waals surface area (Å²) in [5, 5.41) is 12.4. The fourth-order valence-corrected chi connectivity index (χ4v) is 2.97. The molecule has 3 rings (SSSR count). The van der Waals surface area contributed by atoms with Crippen LogP contribution in [0.2, 0.25) is 0 Å². The Morgan fingerprint density at radius 1 is 1.22 bits per heavy atom. The summed E-state index contributed by atoms with van der Waals surface area (Å²) in [7, 11) is 1.87. The van der Waals surface area contributed by atoms with Gasteiger partial charge in [0.05, 0.1) is 6.21 Å². The van der Waals surface area contributed by atoms with E-state index in [0.717, 1.165) is 22.9 Å². The van der Waals surface area contributed by atoms with Crippen LogP contribution in [-0.4, -0.2) is 26.9 Å². The van der Waals surface area contributed by atoms with E-state index in [1.807, 2.05) is 23.7 Å². The monoisotopic (exact) mass is 387 g/mol. The van der Waals surface area contributed by atoms with Crippen molar-refractivity contribution in [1.82, 2.24) is 20.2 Å². The Labute approximate surface area is 158 Å². The van der Waals surface area contributed by atoms with Gasteiger partial charge in [-0.2, -0.15) is 5.10 Å². The molecular weight excluding hydrogens is 372 g/mol. The standard InChI is InChI=1S/C18H15F2N5OS/c1-25-11-22-24-18(25)27-10-12-2-5-14(6-3-12)17(26)23-21-9-13-4-7-15(19)16(20)8-13/h2-9,11H,10H2,1H3,(H,23,26)/b21-9+. The van der Waals surface area contributed by atoms with Gasteiger partial charge in [-0.15, -0.1) is 10.2 Å². The van der Waals surface area contributed by atoms with Crippen molar-refractivity contribution >= 4 is 23.9 Å². The molecule has 6 nitrogen and oxygen atoms in total. The molecule has 0 saturated heterocycles. The molecular formula is C18H15F2N5OS. The molecule has 1 heterocycles. The van der Waals surface area contributed by atoms with Crippen LogP contribution in [-0.2, 0) is 12.8 Å². The smallest absolute Gasteiger partial charge is 0.271 e. The van der Waals surface area contributed by atoms with E-state index < -0.39 is 17.5 Å². The highest BCUT2D eigenvalue weighted by Gasteiger charge is 2.06. The van der Waals surface area contributed by atoms with Gasteiger partial charge in [0, 0.05) is 18.4 Å². The van der Waals surface area contributed by atoms with Crippen molar-refractivity contribution in [2.75, 3.05) is 0 Å². The Morgan fingerprint density at radius 3 is 2.67 bits per heavy atom. The van der Waals surface area contributed by atoms with Crippen LogP contribution in [0.25, 0.3) is 0 Å². The summed E-state index contributed by atoms with van der Waals surface area (Å²) in [6.45, 7) is 0. The molecule has 0 bridgehead atoms. The van der Waals surface area contributed by atoms with Gasteiger partial charge in [0.25, 0.3) is 5.91 Å². The van der Waals surface area contributed by atoms with Crippen LogP contribution in [0, 0.1) is 11.6 Å². The lowest BCUT2D eigenvalue weighted by Crippen LogP contribution is -2.17. The second-order valence-corrected chi connectivity index (χ2v) is 6.53. The van der Waals surface area contributed by atoms with Crippen LogP contribution in [0.3, 0.4) is 0 Å². The molecule has 0 saturated carbocycles. The Morgan fingerprint density at radius 2 is 2.00 bits per heavy atom. The summed E-state index contributed by atoms with van der Waals surface area (Å²) in [5.74, 6) is -1.61. The number of hydrogen-bond acceptors (Lipinski definition) is 5. The fourth-order valence-electron chi connectivity index (χ4n) is 2.13. The molecule has 1 aromatic heterocycles. The number of amides is 1. The highest BCUT2D eigenvalue weighted by atomic mass is 32.2. The number of aryl methyl sites for hydroxylation is 1. The van der Waals surface area contributed by atoms with Crippen molar-refractivity contribution in [3.63, 3.8) is 0 Å². The SMILES string of the molecule is Cn1cnnc1SCc1ccc(C(=O)N/N=C/c2ccc(F)c(F)c2)cc1. The third kappa shape index (κ3) is 4.98. The molecule has 0 aliphatic carbocycles. The van der Waals surface area contributed by atoms with Crippen LogP contribution in [0.1, 0.15) is 21.5 Å². The summed E-state index contributed by atoms with van der Waals surface area (Å²) in [6.07, 6.45) is 2.88. The quantitative estimate of drug-likeness (QED) is 0.401. The Bertz CT molecular complexity index is 972. The van der Waals surface area contributed by atoms with Crippen molar-refractivity contribution < 1.29 is 13.6 Å². The number of nitrogens with one attached hydrogen (secondary N) is 1. The molecule has 138 valence electrons. The molecule has 27 heavy (non-hydrogen) atoms. The van der Waals surface area contributed by atoms with Crippen LogP contribution in [0.15, 0.2) is 59.0 Å². The average molecular weight is 387 g/mol. The summed E-state index contributed by atoms with van der Waals surface area (Å²) >= 11 is 1.54.